The molecule has 1 atom stereocenters. The lowest BCUT2D eigenvalue weighted by Crippen LogP contribution is -2.50. The van der Waals surface area contributed by atoms with E-state index in [1.54, 1.807) is 17.2 Å². The molecule has 0 aliphatic carbocycles. The van der Waals surface area contributed by atoms with Gasteiger partial charge in [0.1, 0.15) is 5.69 Å². The van der Waals surface area contributed by atoms with E-state index in [9.17, 15) is 9.90 Å². The average molecular weight is 265 g/mol. The number of pyridine rings is 1. The largest absolute Gasteiger partial charge is 0.394 e. The number of ether oxygens (including phenoxy) is 1. The first-order valence-electron chi connectivity index (χ1n) is 6.45. The smallest absolute Gasteiger partial charge is 0.273 e. The van der Waals surface area contributed by atoms with Crippen molar-refractivity contribution in [3.8, 4) is 0 Å². The van der Waals surface area contributed by atoms with Crippen LogP contribution in [0.1, 0.15) is 17.4 Å². The van der Waals surface area contributed by atoms with E-state index in [0.717, 1.165) is 12.2 Å². The van der Waals surface area contributed by atoms with Crippen molar-refractivity contribution >= 4 is 11.6 Å². The Balaban J connectivity index is 2.15. The molecular weight excluding hydrogens is 246 g/mol. The molecule has 1 aliphatic heterocycles. The molecule has 1 fully saturated rings. The Hall–Kier alpha value is -1.66. The van der Waals surface area contributed by atoms with Crippen LogP contribution in [-0.4, -0.2) is 59.8 Å². The number of carbonyl (C=O) groups is 1. The van der Waals surface area contributed by atoms with E-state index >= 15 is 0 Å². The molecule has 2 heterocycles. The van der Waals surface area contributed by atoms with Crippen molar-refractivity contribution in [1.82, 2.24) is 9.88 Å². The van der Waals surface area contributed by atoms with Crippen molar-refractivity contribution < 1.29 is 14.6 Å². The van der Waals surface area contributed by atoms with Gasteiger partial charge in [0, 0.05) is 25.0 Å². The first-order chi connectivity index (χ1) is 9.26. The number of carbonyl (C=O) groups excluding carboxylic acids is 1. The number of nitrogens with one attached hydrogen (secondary N) is 1. The van der Waals surface area contributed by atoms with Gasteiger partial charge >= 0.3 is 0 Å². The van der Waals surface area contributed by atoms with Gasteiger partial charge in [-0.25, -0.2) is 0 Å². The Labute approximate surface area is 112 Å². The molecule has 1 aromatic heterocycles. The van der Waals surface area contributed by atoms with Crippen LogP contribution in [0.2, 0.25) is 0 Å². The van der Waals surface area contributed by atoms with Crippen LogP contribution >= 0.6 is 0 Å². The topological polar surface area (TPSA) is 74.7 Å². The van der Waals surface area contributed by atoms with Crippen molar-refractivity contribution in [2.24, 2.45) is 0 Å². The summed E-state index contributed by atoms with van der Waals surface area (Å²) in [6.07, 6.45) is 1.61. The van der Waals surface area contributed by atoms with Crippen LogP contribution in [0.4, 0.5) is 5.69 Å². The SMILES string of the molecule is CCNc1ccnc(C(=O)N2CCOCC2CO)c1. The molecule has 0 bridgehead atoms. The highest BCUT2D eigenvalue weighted by Crippen LogP contribution is 2.14. The molecule has 1 aliphatic rings. The van der Waals surface area contributed by atoms with Gasteiger partial charge in [0.05, 0.1) is 25.9 Å². The van der Waals surface area contributed by atoms with Gasteiger partial charge in [-0.15, -0.1) is 0 Å². The molecule has 104 valence electrons. The molecule has 19 heavy (non-hydrogen) atoms. The molecule has 0 aromatic carbocycles. The predicted octanol–water partition coefficient (Wildman–Crippen LogP) is 0.347. The second-order valence-corrected chi connectivity index (χ2v) is 4.37. The van der Waals surface area contributed by atoms with Crippen LogP contribution in [0.15, 0.2) is 18.3 Å². The van der Waals surface area contributed by atoms with Gasteiger partial charge < -0.3 is 20.1 Å². The number of amides is 1. The van der Waals surface area contributed by atoms with Crippen LogP contribution in [0, 0.1) is 0 Å². The Morgan fingerprint density at radius 1 is 1.68 bits per heavy atom. The fourth-order valence-electron chi connectivity index (χ4n) is 2.08. The molecule has 1 amide bonds. The highest BCUT2D eigenvalue weighted by atomic mass is 16.5. The lowest BCUT2D eigenvalue weighted by molar-refractivity contribution is -0.0186. The zero-order valence-corrected chi connectivity index (χ0v) is 11.0. The number of aliphatic hydroxyl groups is 1. The van der Waals surface area contributed by atoms with Crippen molar-refractivity contribution in [2.75, 3.05) is 38.2 Å². The number of hydrogen-bond donors (Lipinski definition) is 2. The summed E-state index contributed by atoms with van der Waals surface area (Å²) in [5.41, 5.74) is 1.26. The zero-order valence-electron chi connectivity index (χ0n) is 11.0. The quantitative estimate of drug-likeness (QED) is 0.821. The molecule has 2 rings (SSSR count). The van der Waals surface area contributed by atoms with Gasteiger partial charge in [0.15, 0.2) is 0 Å². The summed E-state index contributed by atoms with van der Waals surface area (Å²) >= 11 is 0. The molecular formula is C13H19N3O3. The standard InChI is InChI=1S/C13H19N3O3/c1-2-14-10-3-4-15-12(7-10)13(18)16-5-6-19-9-11(16)8-17/h3-4,7,11,17H,2,5-6,8-9H2,1H3,(H,14,15). The Bertz CT molecular complexity index is 439. The van der Waals surface area contributed by atoms with Gasteiger partial charge in [-0.2, -0.15) is 0 Å². The monoisotopic (exact) mass is 265 g/mol. The number of rotatable bonds is 4. The van der Waals surface area contributed by atoms with Gasteiger partial charge in [0.25, 0.3) is 5.91 Å². The van der Waals surface area contributed by atoms with Crippen LogP contribution in [-0.2, 0) is 4.74 Å². The summed E-state index contributed by atoms with van der Waals surface area (Å²) in [6.45, 7) is 4.03. The zero-order chi connectivity index (χ0) is 13.7. The van der Waals surface area contributed by atoms with Gasteiger partial charge in [-0.05, 0) is 19.1 Å². The summed E-state index contributed by atoms with van der Waals surface area (Å²) in [6, 6.07) is 3.27. The third-order valence-electron chi connectivity index (χ3n) is 3.06. The highest BCUT2D eigenvalue weighted by Gasteiger charge is 2.28. The van der Waals surface area contributed by atoms with Crippen molar-refractivity contribution in [3.63, 3.8) is 0 Å². The molecule has 1 aromatic rings. The minimum atomic E-state index is -0.286. The Kier molecular flexibility index (Phi) is 4.70. The fraction of sp³-hybridized carbons (Fsp3) is 0.538. The van der Waals surface area contributed by atoms with Crippen LogP contribution < -0.4 is 5.32 Å². The maximum Gasteiger partial charge on any atom is 0.273 e. The second-order valence-electron chi connectivity index (χ2n) is 4.37. The summed E-state index contributed by atoms with van der Waals surface area (Å²) in [5.74, 6) is -0.165. The molecule has 0 spiro atoms. The van der Waals surface area contributed by atoms with Gasteiger partial charge in [-0.3, -0.25) is 9.78 Å². The van der Waals surface area contributed by atoms with E-state index in [4.69, 9.17) is 4.74 Å². The van der Waals surface area contributed by atoms with Gasteiger partial charge in [-0.1, -0.05) is 0 Å². The minimum Gasteiger partial charge on any atom is -0.394 e. The Morgan fingerprint density at radius 3 is 3.26 bits per heavy atom. The number of morpholine rings is 1. The summed E-state index contributed by atoms with van der Waals surface area (Å²) < 4.78 is 5.26. The molecule has 0 radical (unpaired) electrons. The molecule has 1 saturated heterocycles. The fourth-order valence-corrected chi connectivity index (χ4v) is 2.08. The summed E-state index contributed by atoms with van der Waals surface area (Å²) in [7, 11) is 0. The number of aromatic nitrogens is 1. The van der Waals surface area contributed by atoms with E-state index < -0.39 is 0 Å². The van der Waals surface area contributed by atoms with Crippen LogP contribution in [0.25, 0.3) is 0 Å². The Morgan fingerprint density at radius 2 is 2.53 bits per heavy atom. The number of anilines is 1. The van der Waals surface area contributed by atoms with E-state index in [0.29, 0.717) is 25.5 Å². The average Bonchev–Trinajstić information content (AvgIpc) is 2.47. The van der Waals surface area contributed by atoms with E-state index in [1.165, 1.54) is 0 Å². The number of aliphatic hydroxyl groups excluding tert-OH is 1. The predicted molar refractivity (Wildman–Crippen MR) is 71.1 cm³/mol. The molecule has 1 unspecified atom stereocenters. The number of hydrogen-bond acceptors (Lipinski definition) is 5. The van der Waals surface area contributed by atoms with E-state index in [-0.39, 0.29) is 18.6 Å². The normalized spacial score (nSPS) is 19.3. The summed E-state index contributed by atoms with van der Waals surface area (Å²) in [5, 5.41) is 12.4. The van der Waals surface area contributed by atoms with Gasteiger partial charge in [0.2, 0.25) is 0 Å². The molecule has 6 nitrogen and oxygen atoms in total. The first-order valence-corrected chi connectivity index (χ1v) is 6.45. The molecule has 6 heteroatoms. The second kappa shape index (κ2) is 6.49. The van der Waals surface area contributed by atoms with E-state index in [1.807, 2.05) is 13.0 Å². The van der Waals surface area contributed by atoms with Crippen molar-refractivity contribution in [1.29, 1.82) is 0 Å². The molecule has 2 N–H and O–H groups in total. The third kappa shape index (κ3) is 3.21. The maximum atomic E-state index is 12.4. The maximum absolute atomic E-state index is 12.4. The van der Waals surface area contributed by atoms with Crippen molar-refractivity contribution in [3.05, 3.63) is 24.0 Å². The first kappa shape index (κ1) is 13.8. The molecule has 0 saturated carbocycles. The van der Waals surface area contributed by atoms with E-state index in [2.05, 4.69) is 10.3 Å². The van der Waals surface area contributed by atoms with Crippen molar-refractivity contribution in [2.45, 2.75) is 13.0 Å². The summed E-state index contributed by atoms with van der Waals surface area (Å²) in [4.78, 5) is 18.1. The minimum absolute atomic E-state index is 0.0986. The lowest BCUT2D eigenvalue weighted by Gasteiger charge is -2.34. The van der Waals surface area contributed by atoms with Crippen LogP contribution in [0.5, 0.6) is 0 Å². The third-order valence-corrected chi connectivity index (χ3v) is 3.06. The lowest BCUT2D eigenvalue weighted by atomic mass is 10.2. The number of nitrogens with zero attached hydrogens (tertiary/aromatic N) is 2. The van der Waals surface area contributed by atoms with Crippen LogP contribution in [0.3, 0.4) is 0 Å². The highest BCUT2D eigenvalue weighted by molar-refractivity contribution is 5.93.